The van der Waals surface area contributed by atoms with Gasteiger partial charge in [-0.3, -0.25) is 0 Å². The molecule has 0 amide bonds. The second kappa shape index (κ2) is 5.55. The summed E-state index contributed by atoms with van der Waals surface area (Å²) < 4.78 is 26.1. The second-order valence-electron chi connectivity index (χ2n) is 6.20. The van der Waals surface area contributed by atoms with Crippen molar-refractivity contribution in [3.63, 3.8) is 0 Å². The molecule has 1 heterocycles. The lowest BCUT2D eigenvalue weighted by Crippen LogP contribution is -2.25. The minimum absolute atomic E-state index is 0.316. The molecule has 1 atom stereocenters. The van der Waals surface area contributed by atoms with E-state index in [1.54, 1.807) is 0 Å². The van der Waals surface area contributed by atoms with Crippen LogP contribution in [0.5, 0.6) is 0 Å². The highest BCUT2D eigenvalue weighted by Crippen LogP contribution is 2.29. The molecule has 1 aromatic carbocycles. The van der Waals surface area contributed by atoms with Crippen LogP contribution in [0.15, 0.2) is 18.2 Å². The Bertz CT molecular complexity index is 428. The van der Waals surface area contributed by atoms with Crippen molar-refractivity contribution in [1.82, 2.24) is 4.90 Å². The number of halogens is 2. The third-order valence-electron chi connectivity index (χ3n) is 3.74. The molecule has 2 nitrogen and oxygen atoms in total. The van der Waals surface area contributed by atoms with Crippen LogP contribution < -0.4 is 0 Å². The summed E-state index contributed by atoms with van der Waals surface area (Å²) in [5.41, 5.74) is 0.645. The van der Waals surface area contributed by atoms with Crippen LogP contribution in [0.1, 0.15) is 38.4 Å². The highest BCUT2D eigenvalue weighted by Gasteiger charge is 2.29. The van der Waals surface area contributed by atoms with E-state index in [4.69, 9.17) is 0 Å². The first-order chi connectivity index (χ1) is 8.85. The number of rotatable bonds is 4. The van der Waals surface area contributed by atoms with E-state index < -0.39 is 17.7 Å². The maximum atomic E-state index is 13.1. The van der Waals surface area contributed by atoms with E-state index in [1.165, 1.54) is 12.1 Å². The molecular weight excluding hydrogens is 248 g/mol. The summed E-state index contributed by atoms with van der Waals surface area (Å²) in [5.74, 6) is -1.28. The van der Waals surface area contributed by atoms with E-state index in [-0.39, 0.29) is 0 Å². The zero-order valence-corrected chi connectivity index (χ0v) is 11.5. The molecule has 1 aliphatic rings. The van der Waals surface area contributed by atoms with Crippen LogP contribution in [0.2, 0.25) is 0 Å². The van der Waals surface area contributed by atoms with Gasteiger partial charge in [-0.2, -0.15) is 0 Å². The largest absolute Gasteiger partial charge is 0.388 e. The van der Waals surface area contributed by atoms with Crippen molar-refractivity contribution >= 4 is 0 Å². The Kier molecular flexibility index (Phi) is 4.21. The Labute approximate surface area is 113 Å². The maximum absolute atomic E-state index is 13.1. The molecule has 1 unspecified atom stereocenters. The quantitative estimate of drug-likeness (QED) is 0.907. The van der Waals surface area contributed by atoms with E-state index >= 15 is 0 Å². The summed E-state index contributed by atoms with van der Waals surface area (Å²) in [7, 11) is 0. The van der Waals surface area contributed by atoms with Crippen molar-refractivity contribution in [2.75, 3.05) is 19.6 Å². The van der Waals surface area contributed by atoms with Gasteiger partial charge >= 0.3 is 0 Å². The van der Waals surface area contributed by atoms with E-state index in [0.29, 0.717) is 17.4 Å². The lowest BCUT2D eigenvalue weighted by Gasteiger charge is -2.21. The van der Waals surface area contributed by atoms with Gasteiger partial charge in [-0.1, -0.05) is 13.8 Å². The Morgan fingerprint density at radius 2 is 1.89 bits per heavy atom. The molecule has 0 saturated carbocycles. The molecule has 0 bridgehead atoms. The molecule has 19 heavy (non-hydrogen) atoms. The number of benzene rings is 1. The van der Waals surface area contributed by atoms with Gasteiger partial charge in [0.1, 0.15) is 11.6 Å². The Balaban J connectivity index is 1.89. The molecule has 1 saturated heterocycles. The molecule has 1 aromatic rings. The van der Waals surface area contributed by atoms with Crippen LogP contribution in [0.3, 0.4) is 0 Å². The third-order valence-corrected chi connectivity index (χ3v) is 3.74. The number of aliphatic hydroxyl groups excluding tert-OH is 1. The molecule has 1 N–H and O–H groups in total. The Hall–Kier alpha value is -1.00. The van der Waals surface area contributed by atoms with Gasteiger partial charge in [0.2, 0.25) is 0 Å². The summed E-state index contributed by atoms with van der Waals surface area (Å²) in [4.78, 5) is 2.29. The van der Waals surface area contributed by atoms with Crippen LogP contribution in [0.25, 0.3) is 0 Å². The van der Waals surface area contributed by atoms with Gasteiger partial charge in [-0.05, 0) is 42.5 Å². The first-order valence-electron chi connectivity index (χ1n) is 6.72. The first kappa shape index (κ1) is 14.4. The average Bonchev–Trinajstić information content (AvgIpc) is 2.64. The number of likely N-dealkylation sites (tertiary alicyclic amines) is 1. The van der Waals surface area contributed by atoms with Crippen molar-refractivity contribution in [1.29, 1.82) is 0 Å². The highest BCUT2D eigenvalue weighted by molar-refractivity contribution is 5.20. The van der Waals surface area contributed by atoms with Crippen molar-refractivity contribution in [3.8, 4) is 0 Å². The van der Waals surface area contributed by atoms with E-state index in [9.17, 15) is 13.9 Å². The van der Waals surface area contributed by atoms with Crippen LogP contribution >= 0.6 is 0 Å². The standard InChI is InChI=1S/C15H21F2NO/c1-15(2)4-6-18(10-15)5-3-14(19)11-7-12(16)9-13(17)8-11/h7-9,14,19H,3-6,10H2,1-2H3. The van der Waals surface area contributed by atoms with Gasteiger partial charge < -0.3 is 10.0 Å². The normalized spacial score (nSPS) is 20.7. The van der Waals surface area contributed by atoms with Gasteiger partial charge in [0, 0.05) is 19.2 Å². The van der Waals surface area contributed by atoms with Gasteiger partial charge in [0.15, 0.2) is 0 Å². The van der Waals surface area contributed by atoms with Crippen LogP contribution in [0.4, 0.5) is 8.78 Å². The summed E-state index contributed by atoms with van der Waals surface area (Å²) in [5, 5.41) is 10.00. The minimum atomic E-state index is -0.811. The predicted octanol–water partition coefficient (Wildman–Crippen LogP) is 3.12. The molecule has 0 spiro atoms. The van der Waals surface area contributed by atoms with Gasteiger partial charge in [-0.25, -0.2) is 8.78 Å². The third kappa shape index (κ3) is 3.98. The van der Waals surface area contributed by atoms with Gasteiger partial charge in [0.05, 0.1) is 6.10 Å². The van der Waals surface area contributed by atoms with Crippen LogP contribution in [-0.4, -0.2) is 29.6 Å². The topological polar surface area (TPSA) is 23.5 Å². The van der Waals surface area contributed by atoms with Crippen LogP contribution in [0, 0.1) is 17.0 Å². The highest BCUT2D eigenvalue weighted by atomic mass is 19.1. The molecular formula is C15H21F2NO. The lowest BCUT2D eigenvalue weighted by atomic mass is 9.93. The van der Waals surface area contributed by atoms with E-state index in [0.717, 1.165) is 32.1 Å². The fourth-order valence-corrected chi connectivity index (χ4v) is 2.65. The lowest BCUT2D eigenvalue weighted by molar-refractivity contribution is 0.145. The Morgan fingerprint density at radius 1 is 1.26 bits per heavy atom. The monoisotopic (exact) mass is 269 g/mol. The van der Waals surface area contributed by atoms with E-state index in [1.807, 2.05) is 0 Å². The fraction of sp³-hybridized carbons (Fsp3) is 0.600. The van der Waals surface area contributed by atoms with Crippen molar-refractivity contribution in [2.45, 2.75) is 32.8 Å². The first-order valence-corrected chi connectivity index (χ1v) is 6.72. The zero-order valence-electron chi connectivity index (χ0n) is 11.5. The molecule has 0 radical (unpaired) electrons. The average molecular weight is 269 g/mol. The molecule has 0 aliphatic carbocycles. The number of nitrogens with zero attached hydrogens (tertiary/aromatic N) is 1. The van der Waals surface area contributed by atoms with E-state index in [2.05, 4.69) is 18.7 Å². The van der Waals surface area contributed by atoms with Gasteiger partial charge in [0.25, 0.3) is 0 Å². The fourth-order valence-electron chi connectivity index (χ4n) is 2.65. The number of hydrogen-bond acceptors (Lipinski definition) is 2. The molecule has 106 valence electrons. The molecule has 2 rings (SSSR count). The zero-order chi connectivity index (χ0) is 14.0. The SMILES string of the molecule is CC1(C)CCN(CCC(O)c2cc(F)cc(F)c2)C1. The molecule has 1 aliphatic heterocycles. The Morgan fingerprint density at radius 3 is 2.42 bits per heavy atom. The second-order valence-corrected chi connectivity index (χ2v) is 6.20. The van der Waals surface area contributed by atoms with Crippen molar-refractivity contribution in [3.05, 3.63) is 35.4 Å². The van der Waals surface area contributed by atoms with Crippen LogP contribution in [-0.2, 0) is 0 Å². The van der Waals surface area contributed by atoms with Crippen molar-refractivity contribution in [2.24, 2.45) is 5.41 Å². The van der Waals surface area contributed by atoms with Gasteiger partial charge in [-0.15, -0.1) is 0 Å². The minimum Gasteiger partial charge on any atom is -0.388 e. The number of aliphatic hydroxyl groups is 1. The summed E-state index contributed by atoms with van der Waals surface area (Å²) in [6.45, 7) is 7.24. The maximum Gasteiger partial charge on any atom is 0.126 e. The smallest absolute Gasteiger partial charge is 0.126 e. The molecule has 4 heteroatoms. The number of hydrogen-bond donors (Lipinski definition) is 1. The summed E-state index contributed by atoms with van der Waals surface area (Å²) in [6, 6.07) is 3.21. The summed E-state index contributed by atoms with van der Waals surface area (Å²) in [6.07, 6.45) is 0.838. The predicted molar refractivity (Wildman–Crippen MR) is 70.8 cm³/mol. The van der Waals surface area contributed by atoms with Crippen molar-refractivity contribution < 1.29 is 13.9 Å². The molecule has 1 fully saturated rings. The summed E-state index contributed by atoms with van der Waals surface area (Å²) >= 11 is 0. The molecule has 0 aromatic heterocycles.